The van der Waals surface area contributed by atoms with Crippen molar-refractivity contribution in [3.8, 4) is 0 Å². The Morgan fingerprint density at radius 1 is 1.45 bits per heavy atom. The second-order valence-electron chi connectivity index (χ2n) is 5.72. The lowest BCUT2D eigenvalue weighted by atomic mass is 10.2. The molecule has 0 spiro atoms. The molecule has 2 aromatic rings. The van der Waals surface area contributed by atoms with Gasteiger partial charge in [-0.15, -0.1) is 0 Å². The van der Waals surface area contributed by atoms with Gasteiger partial charge in [0.15, 0.2) is 0 Å². The van der Waals surface area contributed by atoms with Crippen molar-refractivity contribution in [3.05, 3.63) is 23.4 Å². The van der Waals surface area contributed by atoms with Crippen molar-refractivity contribution in [1.29, 1.82) is 0 Å². The number of hydrogen-bond acceptors (Lipinski definition) is 3. The molecule has 1 saturated heterocycles. The smallest absolute Gasteiger partial charge is 0.217 e. The van der Waals surface area contributed by atoms with E-state index in [1.54, 1.807) is 6.92 Å². The van der Waals surface area contributed by atoms with Crippen molar-refractivity contribution < 1.29 is 4.79 Å². The first-order chi connectivity index (χ1) is 9.63. The summed E-state index contributed by atoms with van der Waals surface area (Å²) in [6.07, 6.45) is 1.84. The Bertz CT molecular complexity index is 686. The zero-order valence-corrected chi connectivity index (χ0v) is 11.8. The fourth-order valence-electron chi connectivity index (χ4n) is 3.43. The van der Waals surface area contributed by atoms with E-state index in [1.807, 2.05) is 18.3 Å². The fraction of sp³-hybridized carbons (Fsp3) is 0.429. The SMILES string of the molecule is CC(=O)N[C@H]1[C@@H]2CN(c3cc(Cl)cc4[nH]ncc34)C[C@@H]21. The highest BCUT2D eigenvalue weighted by Gasteiger charge is 2.56. The number of anilines is 1. The summed E-state index contributed by atoms with van der Waals surface area (Å²) in [6.45, 7) is 3.52. The van der Waals surface area contributed by atoms with Crippen LogP contribution in [0.1, 0.15) is 6.92 Å². The molecule has 104 valence electrons. The van der Waals surface area contributed by atoms with Gasteiger partial charge in [-0.2, -0.15) is 5.10 Å². The Hall–Kier alpha value is -1.75. The number of piperidine rings is 1. The second-order valence-corrected chi connectivity index (χ2v) is 6.15. The number of fused-ring (bicyclic) bond motifs is 2. The Labute approximate surface area is 121 Å². The van der Waals surface area contributed by atoms with Crippen LogP contribution in [0, 0.1) is 11.8 Å². The predicted molar refractivity (Wildman–Crippen MR) is 77.9 cm³/mol. The van der Waals surface area contributed by atoms with Gasteiger partial charge in [0.25, 0.3) is 0 Å². The van der Waals surface area contributed by atoms with Gasteiger partial charge in [0.1, 0.15) is 0 Å². The minimum absolute atomic E-state index is 0.0657. The third-order valence-corrected chi connectivity index (χ3v) is 4.62. The van der Waals surface area contributed by atoms with E-state index in [9.17, 15) is 4.79 Å². The molecule has 1 saturated carbocycles. The summed E-state index contributed by atoms with van der Waals surface area (Å²) >= 11 is 6.17. The van der Waals surface area contributed by atoms with E-state index in [0.29, 0.717) is 17.9 Å². The van der Waals surface area contributed by atoms with E-state index >= 15 is 0 Å². The lowest BCUT2D eigenvalue weighted by Gasteiger charge is -2.23. The van der Waals surface area contributed by atoms with E-state index in [4.69, 9.17) is 11.6 Å². The number of benzene rings is 1. The van der Waals surface area contributed by atoms with E-state index in [1.165, 1.54) is 0 Å². The van der Waals surface area contributed by atoms with Crippen LogP contribution in [-0.2, 0) is 4.79 Å². The molecule has 2 N–H and O–H groups in total. The van der Waals surface area contributed by atoms with Crippen molar-refractivity contribution in [2.45, 2.75) is 13.0 Å². The molecule has 1 aromatic heterocycles. The van der Waals surface area contributed by atoms with Crippen LogP contribution in [0.25, 0.3) is 10.9 Å². The second kappa shape index (κ2) is 4.12. The number of nitrogens with one attached hydrogen (secondary N) is 2. The van der Waals surface area contributed by atoms with Crippen molar-refractivity contribution in [2.75, 3.05) is 18.0 Å². The molecular weight excluding hydrogens is 276 g/mol. The molecule has 2 heterocycles. The van der Waals surface area contributed by atoms with Gasteiger partial charge in [-0.25, -0.2) is 0 Å². The maximum absolute atomic E-state index is 11.1. The number of carbonyl (C=O) groups excluding carboxylic acids is 1. The first-order valence-corrected chi connectivity index (χ1v) is 7.16. The topological polar surface area (TPSA) is 61.0 Å². The lowest BCUT2D eigenvalue weighted by Crippen LogP contribution is -2.33. The molecule has 2 fully saturated rings. The molecule has 1 aromatic carbocycles. The Morgan fingerprint density at radius 3 is 2.90 bits per heavy atom. The van der Waals surface area contributed by atoms with Crippen LogP contribution in [0.5, 0.6) is 0 Å². The number of nitrogens with zero attached hydrogens (tertiary/aromatic N) is 2. The van der Waals surface area contributed by atoms with Gasteiger partial charge in [-0.1, -0.05) is 11.6 Å². The molecule has 0 radical (unpaired) electrons. The first-order valence-electron chi connectivity index (χ1n) is 6.78. The van der Waals surface area contributed by atoms with Crippen molar-refractivity contribution in [3.63, 3.8) is 0 Å². The summed E-state index contributed by atoms with van der Waals surface area (Å²) in [5.41, 5.74) is 2.10. The number of rotatable bonds is 2. The minimum atomic E-state index is 0.0657. The molecular formula is C14H15ClN4O. The summed E-state index contributed by atoms with van der Waals surface area (Å²) in [5.74, 6) is 1.20. The standard InChI is InChI=1S/C14H15ClN4O/c1-7(20)17-14-10-5-19(6-11(10)14)13-3-8(15)2-12-9(13)4-16-18-12/h2-4,10-11,14H,5-6H2,1H3,(H,16,18)(H,17,20)/t10-,11+,14+. The van der Waals surface area contributed by atoms with Crippen LogP contribution in [0.2, 0.25) is 5.02 Å². The van der Waals surface area contributed by atoms with Crippen LogP contribution in [0.3, 0.4) is 0 Å². The van der Waals surface area contributed by atoms with Gasteiger partial charge >= 0.3 is 0 Å². The highest BCUT2D eigenvalue weighted by Crippen LogP contribution is 2.48. The number of hydrogen-bond donors (Lipinski definition) is 2. The maximum atomic E-state index is 11.1. The zero-order valence-electron chi connectivity index (χ0n) is 11.1. The molecule has 20 heavy (non-hydrogen) atoms. The maximum Gasteiger partial charge on any atom is 0.217 e. The number of aromatic amines is 1. The number of aromatic nitrogens is 2. The van der Waals surface area contributed by atoms with E-state index in [2.05, 4.69) is 20.4 Å². The van der Waals surface area contributed by atoms with Gasteiger partial charge in [0.2, 0.25) is 5.91 Å². The van der Waals surface area contributed by atoms with Gasteiger partial charge in [0, 0.05) is 54.0 Å². The summed E-state index contributed by atoms with van der Waals surface area (Å²) in [5, 5.41) is 11.9. The monoisotopic (exact) mass is 290 g/mol. The minimum Gasteiger partial charge on any atom is -0.370 e. The largest absolute Gasteiger partial charge is 0.370 e. The average molecular weight is 291 g/mol. The Morgan fingerprint density at radius 2 is 2.20 bits per heavy atom. The molecule has 0 unspecified atom stereocenters. The highest BCUT2D eigenvalue weighted by atomic mass is 35.5. The van der Waals surface area contributed by atoms with Gasteiger partial charge in [-0.3, -0.25) is 9.89 Å². The summed E-state index contributed by atoms with van der Waals surface area (Å²) in [7, 11) is 0. The number of amides is 1. The molecule has 1 amide bonds. The molecule has 3 atom stereocenters. The summed E-state index contributed by atoms with van der Waals surface area (Å²) in [6, 6.07) is 4.25. The van der Waals surface area contributed by atoms with Crippen LogP contribution >= 0.6 is 11.6 Å². The van der Waals surface area contributed by atoms with E-state index < -0.39 is 0 Å². The third-order valence-electron chi connectivity index (χ3n) is 4.41. The van der Waals surface area contributed by atoms with Gasteiger partial charge in [0.05, 0.1) is 11.7 Å². The number of carbonyl (C=O) groups is 1. The fourth-order valence-corrected chi connectivity index (χ4v) is 3.64. The summed E-state index contributed by atoms with van der Waals surface area (Å²) in [4.78, 5) is 13.5. The molecule has 1 aliphatic carbocycles. The zero-order chi connectivity index (χ0) is 13.9. The van der Waals surface area contributed by atoms with Crippen LogP contribution in [0.15, 0.2) is 18.3 Å². The van der Waals surface area contributed by atoms with Crippen LogP contribution in [-0.4, -0.2) is 35.2 Å². The normalized spacial score (nSPS) is 27.7. The number of halogens is 1. The van der Waals surface area contributed by atoms with Gasteiger partial charge < -0.3 is 10.2 Å². The molecule has 5 nitrogen and oxygen atoms in total. The highest BCUT2D eigenvalue weighted by molar-refractivity contribution is 6.31. The van der Waals surface area contributed by atoms with Crippen molar-refractivity contribution in [1.82, 2.24) is 15.5 Å². The molecule has 6 heteroatoms. The number of H-pyrrole nitrogens is 1. The molecule has 0 bridgehead atoms. The quantitative estimate of drug-likeness (QED) is 0.886. The van der Waals surface area contributed by atoms with Crippen molar-refractivity contribution in [2.24, 2.45) is 11.8 Å². The molecule has 4 rings (SSSR count). The lowest BCUT2D eigenvalue weighted by molar-refractivity contribution is -0.119. The predicted octanol–water partition coefficient (Wildman–Crippen LogP) is 1.79. The molecule has 1 aliphatic heterocycles. The van der Waals surface area contributed by atoms with E-state index in [-0.39, 0.29) is 5.91 Å². The van der Waals surface area contributed by atoms with Crippen LogP contribution < -0.4 is 10.2 Å². The van der Waals surface area contributed by atoms with Crippen LogP contribution in [0.4, 0.5) is 5.69 Å². The Kier molecular flexibility index (Phi) is 2.48. The van der Waals surface area contributed by atoms with E-state index in [0.717, 1.165) is 34.7 Å². The average Bonchev–Trinajstić information content (AvgIpc) is 2.84. The van der Waals surface area contributed by atoms with Gasteiger partial charge in [-0.05, 0) is 12.1 Å². The first kappa shape index (κ1) is 12.0. The molecule has 2 aliphatic rings. The summed E-state index contributed by atoms with van der Waals surface area (Å²) < 4.78 is 0. The van der Waals surface area contributed by atoms with Crippen molar-refractivity contribution >= 4 is 34.1 Å². The third kappa shape index (κ3) is 1.77. The Balaban J connectivity index is 1.58.